The molecule has 0 heterocycles. The molecule has 3 aliphatic carbocycles. The molecule has 0 aliphatic heterocycles. The maximum Gasteiger partial charge on any atom is 0.0639 e. The van der Waals surface area contributed by atoms with E-state index >= 15 is 0 Å². The predicted octanol–water partition coefficient (Wildman–Crippen LogP) is 15.1. The number of benzene rings is 5. The molecule has 8 rings (SSSR count). The Morgan fingerprint density at radius 1 is 0.789 bits per heavy atom. The minimum absolute atomic E-state index is 0.435. The summed E-state index contributed by atoms with van der Waals surface area (Å²) in [5.41, 5.74) is 13.9. The van der Waals surface area contributed by atoms with Gasteiger partial charge in [-0.2, -0.15) is 0 Å². The first-order valence-electron chi connectivity index (χ1n) is 21.1. The lowest BCUT2D eigenvalue weighted by Crippen LogP contribution is -2.12. The Bertz CT molecular complexity index is 2350. The maximum atomic E-state index is 4.69. The molecular formula is C54H55N3. The summed E-state index contributed by atoms with van der Waals surface area (Å²) < 4.78 is 0. The number of rotatable bonds is 14. The van der Waals surface area contributed by atoms with Gasteiger partial charge in [0, 0.05) is 40.1 Å². The van der Waals surface area contributed by atoms with Crippen LogP contribution in [0.3, 0.4) is 0 Å². The Labute approximate surface area is 340 Å². The lowest BCUT2D eigenvalue weighted by Gasteiger charge is -2.27. The van der Waals surface area contributed by atoms with E-state index < -0.39 is 0 Å². The van der Waals surface area contributed by atoms with Crippen LogP contribution in [0.15, 0.2) is 181 Å². The summed E-state index contributed by atoms with van der Waals surface area (Å²) in [6, 6.07) is 39.8. The number of fused-ring (bicyclic) bond motifs is 1. The summed E-state index contributed by atoms with van der Waals surface area (Å²) in [5.74, 6) is 0.946. The largest absolute Gasteiger partial charge is 0.362 e. The zero-order chi connectivity index (χ0) is 38.7. The van der Waals surface area contributed by atoms with Gasteiger partial charge in [0.05, 0.1) is 6.54 Å². The van der Waals surface area contributed by atoms with E-state index in [4.69, 9.17) is 4.99 Å². The molecule has 0 bridgehead atoms. The van der Waals surface area contributed by atoms with Gasteiger partial charge in [-0.15, -0.1) is 0 Å². The third kappa shape index (κ3) is 9.73. The van der Waals surface area contributed by atoms with E-state index in [-0.39, 0.29) is 0 Å². The van der Waals surface area contributed by atoms with Crippen molar-refractivity contribution in [1.29, 1.82) is 0 Å². The van der Waals surface area contributed by atoms with Gasteiger partial charge in [-0.3, -0.25) is 4.99 Å². The molecule has 5 aromatic rings. The number of anilines is 3. The predicted molar refractivity (Wildman–Crippen MR) is 246 cm³/mol. The topological polar surface area (TPSA) is 36.4 Å². The molecule has 0 saturated carbocycles. The van der Waals surface area contributed by atoms with E-state index in [2.05, 4.69) is 175 Å². The molecule has 0 amide bonds. The van der Waals surface area contributed by atoms with Crippen LogP contribution >= 0.6 is 0 Å². The van der Waals surface area contributed by atoms with Crippen molar-refractivity contribution in [1.82, 2.24) is 0 Å². The second-order valence-electron chi connectivity index (χ2n) is 15.8. The first kappa shape index (κ1) is 38.0. The minimum Gasteiger partial charge on any atom is -0.362 e. The van der Waals surface area contributed by atoms with Crippen LogP contribution in [0.25, 0.3) is 27.5 Å². The molecule has 1 unspecified atom stereocenters. The normalized spacial score (nSPS) is 18.2. The second kappa shape index (κ2) is 18.8. The maximum absolute atomic E-state index is 4.69. The summed E-state index contributed by atoms with van der Waals surface area (Å²) in [6.07, 6.45) is 31.3. The molecule has 0 saturated heterocycles. The number of allylic oxidation sites excluding steroid dienone is 10. The van der Waals surface area contributed by atoms with E-state index in [1.54, 1.807) is 0 Å². The Morgan fingerprint density at radius 2 is 1.63 bits per heavy atom. The number of nitrogens with one attached hydrogen (secondary N) is 2. The Hall–Kier alpha value is -5.93. The van der Waals surface area contributed by atoms with Gasteiger partial charge >= 0.3 is 0 Å². The van der Waals surface area contributed by atoms with Gasteiger partial charge in [0.25, 0.3) is 0 Å². The summed E-state index contributed by atoms with van der Waals surface area (Å²) >= 11 is 0. The van der Waals surface area contributed by atoms with Crippen molar-refractivity contribution in [2.45, 2.75) is 76.7 Å². The van der Waals surface area contributed by atoms with Crippen LogP contribution in [-0.2, 0) is 6.54 Å². The number of hydrogen-bond donors (Lipinski definition) is 2. The van der Waals surface area contributed by atoms with Gasteiger partial charge in [-0.05, 0) is 139 Å². The van der Waals surface area contributed by atoms with Gasteiger partial charge in [-0.1, -0.05) is 140 Å². The molecule has 57 heavy (non-hydrogen) atoms. The molecule has 0 aromatic heterocycles. The smallest absolute Gasteiger partial charge is 0.0639 e. The average molecular weight is 746 g/mol. The molecule has 0 spiro atoms. The number of para-hydroxylation sites is 1. The number of nitrogens with zero attached hydrogens (tertiary/aromatic N) is 1. The van der Waals surface area contributed by atoms with E-state index in [9.17, 15) is 0 Å². The summed E-state index contributed by atoms with van der Waals surface area (Å²) in [4.78, 5) is 4.69. The zero-order valence-electron chi connectivity index (χ0n) is 33.2. The first-order valence-corrected chi connectivity index (χ1v) is 21.1. The lowest BCUT2D eigenvalue weighted by molar-refractivity contribution is 0.499. The van der Waals surface area contributed by atoms with Gasteiger partial charge in [0.1, 0.15) is 0 Å². The molecule has 2 atom stereocenters. The molecule has 3 heteroatoms. The van der Waals surface area contributed by atoms with Crippen LogP contribution in [0.2, 0.25) is 0 Å². The van der Waals surface area contributed by atoms with Crippen LogP contribution in [0.4, 0.5) is 17.1 Å². The van der Waals surface area contributed by atoms with Crippen molar-refractivity contribution in [3.63, 3.8) is 0 Å². The molecule has 286 valence electrons. The SMILES string of the molecule is C=C(CC/C=C\Nc1ccc(-c2ccc(C3=CCCCC3)c(Nc3ccccc3)c2)c2ccccc12)[C@H]1CC=CC(c2ccc(C/N=C/C3=CC=CCC3)cc2)C1. The summed E-state index contributed by atoms with van der Waals surface area (Å²) in [7, 11) is 0. The fourth-order valence-corrected chi connectivity index (χ4v) is 8.57. The van der Waals surface area contributed by atoms with E-state index in [1.807, 2.05) is 6.21 Å². The lowest BCUT2D eigenvalue weighted by atomic mass is 9.78. The monoisotopic (exact) mass is 745 g/mol. The molecule has 2 N–H and O–H groups in total. The molecule has 5 aromatic carbocycles. The summed E-state index contributed by atoms with van der Waals surface area (Å²) in [5, 5.41) is 9.84. The van der Waals surface area contributed by atoms with Gasteiger partial charge in [-0.25, -0.2) is 0 Å². The Kier molecular flexibility index (Phi) is 12.5. The van der Waals surface area contributed by atoms with Crippen LogP contribution < -0.4 is 10.6 Å². The van der Waals surface area contributed by atoms with Crippen LogP contribution in [0.1, 0.15) is 86.8 Å². The molecular weight excluding hydrogens is 691 g/mol. The van der Waals surface area contributed by atoms with Crippen molar-refractivity contribution >= 4 is 39.6 Å². The van der Waals surface area contributed by atoms with Crippen molar-refractivity contribution in [2.24, 2.45) is 10.9 Å². The van der Waals surface area contributed by atoms with Crippen LogP contribution in [-0.4, -0.2) is 6.21 Å². The quantitative estimate of drug-likeness (QED) is 0.0877. The number of aliphatic imine (C=N–C) groups is 1. The summed E-state index contributed by atoms with van der Waals surface area (Å²) in [6.45, 7) is 5.30. The van der Waals surface area contributed by atoms with Gasteiger partial charge in [0.2, 0.25) is 0 Å². The highest BCUT2D eigenvalue weighted by Gasteiger charge is 2.21. The second-order valence-corrected chi connectivity index (χ2v) is 15.8. The Morgan fingerprint density at radius 3 is 2.46 bits per heavy atom. The average Bonchev–Trinajstić information content (AvgIpc) is 3.27. The first-order chi connectivity index (χ1) is 28.2. The van der Waals surface area contributed by atoms with E-state index in [0.717, 1.165) is 69.3 Å². The minimum atomic E-state index is 0.435. The van der Waals surface area contributed by atoms with Crippen molar-refractivity contribution in [3.8, 4) is 11.1 Å². The van der Waals surface area contributed by atoms with Gasteiger partial charge < -0.3 is 10.6 Å². The third-order valence-corrected chi connectivity index (χ3v) is 11.8. The highest BCUT2D eigenvalue weighted by Crippen LogP contribution is 2.40. The molecule has 0 fully saturated rings. The fraction of sp³-hybridized carbons (Fsp3) is 0.241. The van der Waals surface area contributed by atoms with Crippen LogP contribution in [0.5, 0.6) is 0 Å². The molecule has 3 aliphatic rings. The van der Waals surface area contributed by atoms with Crippen LogP contribution in [0, 0.1) is 5.92 Å². The van der Waals surface area contributed by atoms with Crippen molar-refractivity contribution in [2.75, 3.05) is 10.6 Å². The van der Waals surface area contributed by atoms with Gasteiger partial charge in [0.15, 0.2) is 0 Å². The number of hydrogen-bond acceptors (Lipinski definition) is 3. The molecule has 0 radical (unpaired) electrons. The van der Waals surface area contributed by atoms with E-state index in [1.165, 1.54) is 73.8 Å². The van der Waals surface area contributed by atoms with E-state index in [0.29, 0.717) is 11.8 Å². The Balaban J connectivity index is 0.882. The fourth-order valence-electron chi connectivity index (χ4n) is 8.57. The highest BCUT2D eigenvalue weighted by molar-refractivity contribution is 6.04. The standard InChI is InChI=1S/C54H55N3/c1-40(45-21-15-22-46(36-45)43-29-27-42(28-30-43)39-55-38-41-17-5-2-6-18-41)16-13-14-35-56-53-34-33-49(51-25-11-12-26-52(51)53)47-31-32-50(44-19-7-3-8-20-44)54(37-47)57-48-23-9-4-10-24-48/h2,4-5,9-12,14-15,17,19,22-35,37-38,45-46,56-57H,1,3,6-8,13,16,18,20-21,36,39H2/b35-14-,55-38+/t45-,46?/m0/s1. The van der Waals surface area contributed by atoms with Crippen molar-refractivity contribution < 1.29 is 0 Å². The zero-order valence-corrected chi connectivity index (χ0v) is 33.2. The van der Waals surface area contributed by atoms with Crippen molar-refractivity contribution in [3.05, 3.63) is 192 Å². The third-order valence-electron chi connectivity index (χ3n) is 11.8. The highest BCUT2D eigenvalue weighted by atomic mass is 14.9. The molecule has 3 nitrogen and oxygen atoms in total.